The number of morpholine rings is 1. The van der Waals surface area contributed by atoms with E-state index in [4.69, 9.17) is 21.3 Å². The van der Waals surface area contributed by atoms with Crippen LogP contribution in [-0.2, 0) is 4.74 Å². The smallest absolute Gasteiger partial charge is 0.261 e. The molecule has 5 nitrogen and oxygen atoms in total. The number of halogens is 2. The topological polar surface area (TPSA) is 45.7 Å². The van der Waals surface area contributed by atoms with Crippen molar-refractivity contribution < 1.29 is 13.9 Å². The highest BCUT2D eigenvalue weighted by atomic mass is 35.5. The molecule has 8 heteroatoms. The molecule has 3 aromatic rings. The minimum atomic E-state index is -0.466. The number of hydrogen-bond acceptors (Lipinski definition) is 5. The second-order valence-electron chi connectivity index (χ2n) is 7.79. The molecule has 0 radical (unpaired) electrons. The van der Waals surface area contributed by atoms with Gasteiger partial charge in [-0.1, -0.05) is 22.9 Å². The summed E-state index contributed by atoms with van der Waals surface area (Å²) in [6.07, 6.45) is 0.790. The zero-order valence-electron chi connectivity index (χ0n) is 17.7. The number of thiazole rings is 1. The number of ether oxygens (including phenoxy) is 1. The summed E-state index contributed by atoms with van der Waals surface area (Å²) in [4.78, 5) is 22.2. The van der Waals surface area contributed by atoms with Gasteiger partial charge in [-0.05, 0) is 61.7 Å². The van der Waals surface area contributed by atoms with Crippen LogP contribution in [0.4, 0.5) is 9.52 Å². The normalized spacial score (nSPS) is 14.8. The highest BCUT2D eigenvalue weighted by Gasteiger charge is 2.24. The van der Waals surface area contributed by atoms with Gasteiger partial charge in [0.05, 0.1) is 34.0 Å². The number of amides is 1. The van der Waals surface area contributed by atoms with Crippen LogP contribution in [0.25, 0.3) is 10.2 Å². The molecule has 0 atom stereocenters. The van der Waals surface area contributed by atoms with Crippen LogP contribution in [0.15, 0.2) is 30.3 Å². The largest absolute Gasteiger partial charge is 0.379 e. The van der Waals surface area contributed by atoms with Crippen molar-refractivity contribution in [1.29, 1.82) is 0 Å². The maximum absolute atomic E-state index is 13.5. The summed E-state index contributed by atoms with van der Waals surface area (Å²) in [5, 5.41) is 0.739. The van der Waals surface area contributed by atoms with Crippen LogP contribution < -0.4 is 4.90 Å². The van der Waals surface area contributed by atoms with Gasteiger partial charge in [0.1, 0.15) is 5.82 Å². The first-order chi connectivity index (χ1) is 14.9. The molecular weight excluding hydrogens is 437 g/mol. The van der Waals surface area contributed by atoms with E-state index in [1.165, 1.54) is 35.1 Å². The Kier molecular flexibility index (Phi) is 6.86. The summed E-state index contributed by atoms with van der Waals surface area (Å²) < 4.78 is 20.0. The predicted molar refractivity (Wildman–Crippen MR) is 124 cm³/mol. The first-order valence-electron chi connectivity index (χ1n) is 10.4. The predicted octanol–water partition coefficient (Wildman–Crippen LogP) is 5.07. The van der Waals surface area contributed by atoms with Crippen LogP contribution >= 0.6 is 22.9 Å². The average Bonchev–Trinajstić information content (AvgIpc) is 3.14. The van der Waals surface area contributed by atoms with Gasteiger partial charge in [0.25, 0.3) is 5.91 Å². The maximum Gasteiger partial charge on any atom is 0.261 e. The molecule has 2 heterocycles. The van der Waals surface area contributed by atoms with Crippen LogP contribution in [0.5, 0.6) is 0 Å². The summed E-state index contributed by atoms with van der Waals surface area (Å²) in [6, 6.07) is 8.03. The number of fused-ring (bicyclic) bond motifs is 1. The van der Waals surface area contributed by atoms with Gasteiger partial charge in [0.2, 0.25) is 0 Å². The number of rotatable bonds is 6. The number of carbonyl (C=O) groups is 1. The molecule has 0 spiro atoms. The van der Waals surface area contributed by atoms with Crippen molar-refractivity contribution in [2.24, 2.45) is 0 Å². The molecule has 0 unspecified atom stereocenters. The van der Waals surface area contributed by atoms with Crippen molar-refractivity contribution in [2.45, 2.75) is 20.3 Å². The van der Waals surface area contributed by atoms with Crippen molar-refractivity contribution in [3.8, 4) is 0 Å². The molecular formula is C23H25ClFN3O2S. The Hall–Kier alpha value is -2.06. The Balaban J connectivity index is 1.62. The lowest BCUT2D eigenvalue weighted by Gasteiger charge is -2.27. The van der Waals surface area contributed by atoms with Gasteiger partial charge in [-0.15, -0.1) is 0 Å². The Morgan fingerprint density at radius 1 is 1.23 bits per heavy atom. The Morgan fingerprint density at radius 2 is 1.97 bits per heavy atom. The number of hydrogen-bond donors (Lipinski definition) is 0. The van der Waals surface area contributed by atoms with Gasteiger partial charge >= 0.3 is 0 Å². The molecule has 164 valence electrons. The monoisotopic (exact) mass is 461 g/mol. The van der Waals surface area contributed by atoms with Crippen LogP contribution in [-0.4, -0.2) is 55.2 Å². The second-order valence-corrected chi connectivity index (χ2v) is 9.21. The minimum absolute atomic E-state index is 0.107. The Morgan fingerprint density at radius 3 is 2.71 bits per heavy atom. The minimum Gasteiger partial charge on any atom is -0.379 e. The summed E-state index contributed by atoms with van der Waals surface area (Å²) in [5.41, 5.74) is 3.51. The van der Waals surface area contributed by atoms with Gasteiger partial charge in [-0.25, -0.2) is 9.37 Å². The Bertz CT molecular complexity index is 1060. The van der Waals surface area contributed by atoms with E-state index in [0.717, 1.165) is 55.0 Å². The maximum atomic E-state index is 13.5. The van der Waals surface area contributed by atoms with Crippen LogP contribution in [0.2, 0.25) is 5.02 Å². The van der Waals surface area contributed by atoms with Crippen molar-refractivity contribution >= 4 is 44.2 Å². The quantitative estimate of drug-likeness (QED) is 0.514. The third-order valence-electron chi connectivity index (χ3n) is 5.59. The first-order valence-corrected chi connectivity index (χ1v) is 11.6. The fourth-order valence-corrected chi connectivity index (χ4v) is 4.97. The number of benzene rings is 2. The van der Waals surface area contributed by atoms with Crippen molar-refractivity contribution in [3.05, 3.63) is 57.9 Å². The standard InChI is InChI=1S/C23H25ClFN3O2S/c1-15-12-20-21(13-16(15)2)31-23(26-20)28(7-3-6-27-8-10-30-11-9-27)22(29)18-5-4-17(25)14-19(18)24/h4-5,12-14H,3,6-11H2,1-2H3. The van der Waals surface area contributed by atoms with E-state index in [-0.39, 0.29) is 16.5 Å². The SMILES string of the molecule is Cc1cc2nc(N(CCCN3CCOCC3)C(=O)c3ccc(F)cc3Cl)sc2cc1C. The van der Waals surface area contributed by atoms with Crippen LogP contribution in [0, 0.1) is 19.7 Å². The van der Waals surface area contributed by atoms with Gasteiger partial charge in [0.15, 0.2) is 5.13 Å². The summed E-state index contributed by atoms with van der Waals surface area (Å²) in [7, 11) is 0. The zero-order valence-corrected chi connectivity index (χ0v) is 19.2. The molecule has 2 aromatic carbocycles. The van der Waals surface area contributed by atoms with E-state index in [0.29, 0.717) is 11.7 Å². The second kappa shape index (κ2) is 9.61. The zero-order chi connectivity index (χ0) is 22.0. The lowest BCUT2D eigenvalue weighted by atomic mass is 10.1. The fourth-order valence-electron chi connectivity index (χ4n) is 3.65. The third-order valence-corrected chi connectivity index (χ3v) is 6.94. The number of nitrogens with zero attached hydrogens (tertiary/aromatic N) is 3. The van der Waals surface area contributed by atoms with E-state index in [1.54, 1.807) is 4.90 Å². The number of anilines is 1. The first kappa shape index (κ1) is 22.1. The van der Waals surface area contributed by atoms with E-state index < -0.39 is 5.82 Å². The fraction of sp³-hybridized carbons (Fsp3) is 0.391. The van der Waals surface area contributed by atoms with E-state index in [1.807, 2.05) is 6.07 Å². The molecule has 1 aromatic heterocycles. The van der Waals surface area contributed by atoms with E-state index in [2.05, 4.69) is 24.8 Å². The molecule has 1 saturated heterocycles. The third kappa shape index (κ3) is 5.06. The van der Waals surface area contributed by atoms with Crippen LogP contribution in [0.1, 0.15) is 27.9 Å². The van der Waals surface area contributed by atoms with Crippen molar-refractivity contribution in [1.82, 2.24) is 9.88 Å². The Labute approximate surface area is 190 Å². The van der Waals surface area contributed by atoms with Gasteiger partial charge in [0, 0.05) is 26.2 Å². The molecule has 0 N–H and O–H groups in total. The highest BCUT2D eigenvalue weighted by Crippen LogP contribution is 2.32. The van der Waals surface area contributed by atoms with Crippen molar-refractivity contribution in [3.63, 3.8) is 0 Å². The van der Waals surface area contributed by atoms with Gasteiger partial charge in [-0.2, -0.15) is 0 Å². The lowest BCUT2D eigenvalue weighted by molar-refractivity contribution is 0.0376. The van der Waals surface area contributed by atoms with Gasteiger partial charge < -0.3 is 4.74 Å². The van der Waals surface area contributed by atoms with E-state index in [9.17, 15) is 9.18 Å². The molecule has 0 aliphatic carbocycles. The highest BCUT2D eigenvalue weighted by molar-refractivity contribution is 7.22. The number of aryl methyl sites for hydroxylation is 2. The summed E-state index contributed by atoms with van der Waals surface area (Å²) >= 11 is 7.69. The van der Waals surface area contributed by atoms with Crippen LogP contribution in [0.3, 0.4) is 0 Å². The molecule has 0 bridgehead atoms. The van der Waals surface area contributed by atoms with Gasteiger partial charge in [-0.3, -0.25) is 14.6 Å². The summed E-state index contributed by atoms with van der Waals surface area (Å²) in [6.45, 7) is 8.77. The summed E-state index contributed by atoms with van der Waals surface area (Å²) in [5.74, 6) is -0.731. The van der Waals surface area contributed by atoms with Crippen molar-refractivity contribution in [2.75, 3.05) is 44.3 Å². The number of carbonyl (C=O) groups excluding carboxylic acids is 1. The molecule has 1 fully saturated rings. The molecule has 4 rings (SSSR count). The molecule has 1 aliphatic heterocycles. The van der Waals surface area contributed by atoms with E-state index >= 15 is 0 Å². The molecule has 31 heavy (non-hydrogen) atoms. The lowest BCUT2D eigenvalue weighted by Crippen LogP contribution is -2.39. The molecule has 1 aliphatic rings. The molecule has 1 amide bonds. The average molecular weight is 462 g/mol. The molecule has 0 saturated carbocycles. The number of aromatic nitrogens is 1.